The largest absolute Gasteiger partial charge is 0.298 e. The maximum absolute atomic E-state index is 2.57. The molecule has 0 atom stereocenters. The quantitative estimate of drug-likeness (QED) is 0.569. The van der Waals surface area contributed by atoms with Gasteiger partial charge in [0.05, 0.1) is 0 Å². The Balaban J connectivity index is 2.30. The molecule has 60 valence electrons. The zero-order valence-electron chi connectivity index (χ0n) is 7.65. The highest BCUT2D eigenvalue weighted by atomic mass is 15.2. The summed E-state index contributed by atoms with van der Waals surface area (Å²) in [7, 11) is 0. The van der Waals surface area contributed by atoms with Crippen LogP contribution in [0.1, 0.15) is 34.1 Å². The van der Waals surface area contributed by atoms with Crippen LogP contribution in [0.4, 0.5) is 0 Å². The van der Waals surface area contributed by atoms with Crippen LogP contribution in [0.25, 0.3) is 0 Å². The molecule has 1 fully saturated rings. The summed E-state index contributed by atoms with van der Waals surface area (Å²) < 4.78 is 0. The first-order chi connectivity index (χ1) is 4.52. The molecule has 0 aromatic heterocycles. The average molecular weight is 141 g/mol. The molecule has 1 aliphatic rings. The number of rotatable bonds is 2. The molecule has 0 amide bonds. The van der Waals surface area contributed by atoms with Crippen molar-refractivity contribution in [2.75, 3.05) is 13.1 Å². The van der Waals surface area contributed by atoms with Gasteiger partial charge in [-0.1, -0.05) is 13.8 Å². The predicted molar refractivity (Wildman–Crippen MR) is 45.1 cm³/mol. The molecule has 0 spiro atoms. The van der Waals surface area contributed by atoms with Crippen molar-refractivity contribution in [1.29, 1.82) is 0 Å². The van der Waals surface area contributed by atoms with Crippen LogP contribution in [-0.4, -0.2) is 23.5 Å². The van der Waals surface area contributed by atoms with Gasteiger partial charge in [-0.05, 0) is 26.2 Å². The van der Waals surface area contributed by atoms with Crippen molar-refractivity contribution in [3.8, 4) is 0 Å². The zero-order chi connectivity index (χ0) is 7.78. The van der Waals surface area contributed by atoms with Gasteiger partial charge in [-0.25, -0.2) is 0 Å². The molecule has 0 radical (unpaired) electrons. The third-order valence-corrected chi connectivity index (χ3v) is 2.44. The van der Waals surface area contributed by atoms with Crippen molar-refractivity contribution in [1.82, 2.24) is 4.90 Å². The van der Waals surface area contributed by atoms with Gasteiger partial charge in [-0.3, -0.25) is 4.90 Å². The van der Waals surface area contributed by atoms with Gasteiger partial charge in [0.25, 0.3) is 0 Å². The molecular formula is C9H19N. The van der Waals surface area contributed by atoms with E-state index in [2.05, 4.69) is 32.6 Å². The Morgan fingerprint density at radius 3 is 2.10 bits per heavy atom. The summed E-state index contributed by atoms with van der Waals surface area (Å²) in [6.07, 6.45) is 1.37. The molecule has 0 unspecified atom stereocenters. The maximum Gasteiger partial charge on any atom is 0.0165 e. The van der Waals surface area contributed by atoms with Crippen molar-refractivity contribution in [3.63, 3.8) is 0 Å². The topological polar surface area (TPSA) is 3.24 Å². The molecular weight excluding hydrogens is 122 g/mol. The molecule has 0 aromatic carbocycles. The first-order valence-electron chi connectivity index (χ1n) is 4.27. The van der Waals surface area contributed by atoms with Crippen LogP contribution in [0, 0.1) is 5.92 Å². The smallest absolute Gasteiger partial charge is 0.0165 e. The molecule has 1 saturated heterocycles. The molecule has 1 aliphatic heterocycles. The van der Waals surface area contributed by atoms with Gasteiger partial charge in [0, 0.05) is 18.6 Å². The van der Waals surface area contributed by atoms with E-state index in [1.54, 1.807) is 0 Å². The Kier molecular flexibility index (Phi) is 2.04. The fourth-order valence-corrected chi connectivity index (χ4v) is 1.50. The van der Waals surface area contributed by atoms with Crippen molar-refractivity contribution < 1.29 is 0 Å². The van der Waals surface area contributed by atoms with Crippen molar-refractivity contribution in [3.05, 3.63) is 0 Å². The summed E-state index contributed by atoms with van der Waals surface area (Å²) in [6, 6.07) is 0. The van der Waals surface area contributed by atoms with Crippen LogP contribution in [0.5, 0.6) is 0 Å². The van der Waals surface area contributed by atoms with Gasteiger partial charge in [0.2, 0.25) is 0 Å². The van der Waals surface area contributed by atoms with E-state index < -0.39 is 0 Å². The van der Waals surface area contributed by atoms with Crippen molar-refractivity contribution in [2.24, 2.45) is 5.92 Å². The predicted octanol–water partition coefficient (Wildman–Crippen LogP) is 2.13. The first kappa shape index (κ1) is 8.06. The zero-order valence-corrected chi connectivity index (χ0v) is 7.65. The second kappa shape index (κ2) is 2.54. The monoisotopic (exact) mass is 141 g/mol. The van der Waals surface area contributed by atoms with Gasteiger partial charge in [-0.15, -0.1) is 0 Å². The minimum Gasteiger partial charge on any atom is -0.298 e. The van der Waals surface area contributed by atoms with Crippen LogP contribution in [0.3, 0.4) is 0 Å². The standard InChI is InChI=1S/C9H19N/c1-8(2)7-10-6-5-9(10,3)4/h8H,5-7H2,1-4H3. The maximum atomic E-state index is 2.57. The highest BCUT2D eigenvalue weighted by molar-refractivity contribution is 4.91. The third-order valence-electron chi connectivity index (χ3n) is 2.44. The fourth-order valence-electron chi connectivity index (χ4n) is 1.50. The minimum absolute atomic E-state index is 0.504. The van der Waals surface area contributed by atoms with Gasteiger partial charge in [0.1, 0.15) is 0 Å². The van der Waals surface area contributed by atoms with Crippen LogP contribution in [0.2, 0.25) is 0 Å². The Morgan fingerprint density at radius 1 is 1.40 bits per heavy atom. The first-order valence-corrected chi connectivity index (χ1v) is 4.27. The SMILES string of the molecule is CC(C)CN1CCC1(C)C. The van der Waals surface area contributed by atoms with Crippen molar-refractivity contribution in [2.45, 2.75) is 39.7 Å². The van der Waals surface area contributed by atoms with E-state index in [0.29, 0.717) is 5.54 Å². The normalized spacial score (nSPS) is 24.9. The second-order valence-electron chi connectivity index (χ2n) is 4.40. The van der Waals surface area contributed by atoms with E-state index >= 15 is 0 Å². The lowest BCUT2D eigenvalue weighted by Gasteiger charge is -2.49. The van der Waals surface area contributed by atoms with E-state index in [1.807, 2.05) is 0 Å². The lowest BCUT2D eigenvalue weighted by Crippen LogP contribution is -2.56. The van der Waals surface area contributed by atoms with Crippen molar-refractivity contribution >= 4 is 0 Å². The molecule has 0 aromatic rings. The van der Waals surface area contributed by atoms with E-state index in [0.717, 1.165) is 5.92 Å². The van der Waals surface area contributed by atoms with Gasteiger partial charge in [0.15, 0.2) is 0 Å². The Hall–Kier alpha value is -0.0400. The number of nitrogens with zero attached hydrogens (tertiary/aromatic N) is 1. The van der Waals surface area contributed by atoms with Gasteiger partial charge in [-0.2, -0.15) is 0 Å². The molecule has 1 heteroatoms. The third kappa shape index (κ3) is 1.51. The lowest BCUT2D eigenvalue weighted by atomic mass is 9.88. The van der Waals surface area contributed by atoms with Gasteiger partial charge < -0.3 is 0 Å². The summed E-state index contributed by atoms with van der Waals surface area (Å²) in [5.41, 5.74) is 0.504. The Bertz CT molecular complexity index is 116. The summed E-state index contributed by atoms with van der Waals surface area (Å²) in [4.78, 5) is 2.57. The number of hydrogen-bond acceptors (Lipinski definition) is 1. The van der Waals surface area contributed by atoms with Crippen LogP contribution in [-0.2, 0) is 0 Å². The van der Waals surface area contributed by atoms with Crippen LogP contribution < -0.4 is 0 Å². The Morgan fingerprint density at radius 2 is 2.00 bits per heavy atom. The summed E-state index contributed by atoms with van der Waals surface area (Å²) in [5, 5.41) is 0. The minimum atomic E-state index is 0.504. The fraction of sp³-hybridized carbons (Fsp3) is 1.00. The highest BCUT2D eigenvalue weighted by Crippen LogP contribution is 2.29. The molecule has 10 heavy (non-hydrogen) atoms. The Labute approximate surface area is 64.4 Å². The summed E-state index contributed by atoms with van der Waals surface area (Å²) >= 11 is 0. The molecule has 0 saturated carbocycles. The molecule has 0 aliphatic carbocycles. The van der Waals surface area contributed by atoms with E-state index in [1.165, 1.54) is 19.5 Å². The van der Waals surface area contributed by atoms with E-state index in [9.17, 15) is 0 Å². The second-order valence-corrected chi connectivity index (χ2v) is 4.40. The molecule has 1 heterocycles. The average Bonchev–Trinajstić information content (AvgIpc) is 1.81. The van der Waals surface area contributed by atoms with Crippen LogP contribution >= 0.6 is 0 Å². The van der Waals surface area contributed by atoms with Gasteiger partial charge >= 0.3 is 0 Å². The summed E-state index contributed by atoms with van der Waals surface area (Å²) in [6.45, 7) is 11.8. The molecule has 1 rings (SSSR count). The highest BCUT2D eigenvalue weighted by Gasteiger charge is 2.35. The molecule has 0 N–H and O–H groups in total. The lowest BCUT2D eigenvalue weighted by molar-refractivity contribution is 0.00600. The number of likely N-dealkylation sites (tertiary alicyclic amines) is 1. The molecule has 0 bridgehead atoms. The van der Waals surface area contributed by atoms with Crippen LogP contribution in [0.15, 0.2) is 0 Å². The summed E-state index contributed by atoms with van der Waals surface area (Å²) in [5.74, 6) is 0.819. The number of hydrogen-bond donors (Lipinski definition) is 0. The molecule has 1 nitrogen and oxygen atoms in total. The van der Waals surface area contributed by atoms with E-state index in [4.69, 9.17) is 0 Å². The van der Waals surface area contributed by atoms with E-state index in [-0.39, 0.29) is 0 Å².